The molecule has 0 bridgehead atoms. The second kappa shape index (κ2) is 7.88. The summed E-state index contributed by atoms with van der Waals surface area (Å²) in [6.45, 7) is 5.49. The van der Waals surface area contributed by atoms with Crippen molar-refractivity contribution in [2.24, 2.45) is 0 Å². The number of nitrogens with zero attached hydrogens (tertiary/aromatic N) is 4. The molecule has 8 nitrogen and oxygen atoms in total. The minimum atomic E-state index is -0.619. The average molecular weight is 430 g/mol. The van der Waals surface area contributed by atoms with E-state index in [9.17, 15) is 9.59 Å². The van der Waals surface area contributed by atoms with Gasteiger partial charge in [-0.25, -0.2) is 4.98 Å². The van der Waals surface area contributed by atoms with E-state index in [1.165, 1.54) is 16.2 Å². The van der Waals surface area contributed by atoms with E-state index in [-0.39, 0.29) is 18.4 Å². The lowest BCUT2D eigenvalue weighted by atomic mass is 10.1. The minimum absolute atomic E-state index is 0.135. The van der Waals surface area contributed by atoms with Crippen molar-refractivity contribution < 1.29 is 14.3 Å². The zero-order chi connectivity index (χ0) is 20.5. The van der Waals surface area contributed by atoms with Crippen LogP contribution in [0.2, 0.25) is 0 Å². The van der Waals surface area contributed by atoms with Gasteiger partial charge in [-0.3, -0.25) is 19.8 Å². The average Bonchev–Trinajstić information content (AvgIpc) is 3.31. The van der Waals surface area contributed by atoms with Crippen molar-refractivity contribution in [3.05, 3.63) is 33.6 Å². The van der Waals surface area contributed by atoms with Crippen molar-refractivity contribution in [3.63, 3.8) is 0 Å². The third-order valence-electron chi connectivity index (χ3n) is 4.42. The number of benzene rings is 1. The zero-order valence-electron chi connectivity index (χ0n) is 16.1. The molecule has 0 fully saturated rings. The van der Waals surface area contributed by atoms with Crippen molar-refractivity contribution in [1.29, 1.82) is 0 Å². The topological polar surface area (TPSA) is 97.3 Å². The summed E-state index contributed by atoms with van der Waals surface area (Å²) in [6, 6.07) is 5.58. The first-order chi connectivity index (χ1) is 13.9. The van der Waals surface area contributed by atoms with Crippen LogP contribution in [0.25, 0.3) is 11.3 Å². The lowest BCUT2D eigenvalue weighted by molar-refractivity contribution is -0.128. The van der Waals surface area contributed by atoms with Gasteiger partial charge in [-0.1, -0.05) is 18.3 Å². The molecule has 2 amide bonds. The first-order valence-corrected chi connectivity index (χ1v) is 10.8. The number of amides is 2. The monoisotopic (exact) mass is 429 g/mol. The normalized spacial score (nSPS) is 15.8. The van der Waals surface area contributed by atoms with Crippen LogP contribution in [0, 0.1) is 13.8 Å². The molecule has 1 aliphatic heterocycles. The van der Waals surface area contributed by atoms with Crippen molar-refractivity contribution >= 4 is 45.3 Å². The summed E-state index contributed by atoms with van der Waals surface area (Å²) in [4.78, 5) is 31.5. The molecule has 0 aliphatic carbocycles. The first kappa shape index (κ1) is 19.5. The highest BCUT2D eigenvalue weighted by atomic mass is 32.1. The number of ether oxygens (including phenoxy) is 1. The van der Waals surface area contributed by atoms with Crippen LogP contribution in [0.15, 0.2) is 23.6 Å². The van der Waals surface area contributed by atoms with Gasteiger partial charge in [-0.15, -0.1) is 21.5 Å². The summed E-state index contributed by atoms with van der Waals surface area (Å²) in [5, 5.41) is 14.6. The van der Waals surface area contributed by atoms with E-state index < -0.39 is 6.10 Å². The number of fused-ring (bicyclic) bond motifs is 1. The van der Waals surface area contributed by atoms with E-state index in [1.54, 1.807) is 11.3 Å². The van der Waals surface area contributed by atoms with Gasteiger partial charge >= 0.3 is 0 Å². The largest absolute Gasteiger partial charge is 0.478 e. The summed E-state index contributed by atoms with van der Waals surface area (Å²) in [7, 11) is 0. The Hall–Kier alpha value is -2.85. The number of rotatable bonds is 5. The smallest absolute Gasteiger partial charge is 0.268 e. The Bertz CT molecular complexity index is 1080. The van der Waals surface area contributed by atoms with Crippen LogP contribution in [0.3, 0.4) is 0 Å². The molecule has 29 heavy (non-hydrogen) atoms. The number of carbonyl (C=O) groups is 2. The maximum atomic E-state index is 12.9. The van der Waals surface area contributed by atoms with E-state index in [1.807, 2.05) is 44.4 Å². The lowest BCUT2D eigenvalue weighted by Crippen LogP contribution is -2.48. The molecule has 1 unspecified atom stereocenters. The predicted molar refractivity (Wildman–Crippen MR) is 113 cm³/mol. The van der Waals surface area contributed by atoms with E-state index >= 15 is 0 Å². The fraction of sp³-hybridized carbons (Fsp3) is 0.316. The van der Waals surface area contributed by atoms with Crippen molar-refractivity contribution in [3.8, 4) is 17.0 Å². The van der Waals surface area contributed by atoms with E-state index in [0.29, 0.717) is 23.0 Å². The standard InChI is InChI=1S/C19H19N5O3S2/c1-4-15-18(26)24(8-17(25)21-19-23-22-11(3)29-19)14-7-12(5-6-16(14)27-15)13-9-28-10(2)20-13/h5-7,9,15H,4,8H2,1-3H3,(H,21,23,25). The first-order valence-electron chi connectivity index (χ1n) is 9.09. The molecule has 10 heteroatoms. The third kappa shape index (κ3) is 3.99. The SMILES string of the molecule is CCC1Oc2ccc(-c3csc(C)n3)cc2N(CC(=O)Nc2nnc(C)s2)C1=O. The Kier molecular flexibility index (Phi) is 5.29. The van der Waals surface area contributed by atoms with Crippen LogP contribution >= 0.6 is 22.7 Å². The highest BCUT2D eigenvalue weighted by Gasteiger charge is 2.35. The number of nitrogens with one attached hydrogen (secondary N) is 1. The number of carbonyl (C=O) groups excluding carboxylic acids is 2. The molecule has 1 aromatic carbocycles. The number of aromatic nitrogens is 3. The molecule has 0 saturated carbocycles. The van der Waals surface area contributed by atoms with Crippen LogP contribution in [0.1, 0.15) is 23.4 Å². The molecular weight excluding hydrogens is 410 g/mol. The van der Waals surface area contributed by atoms with Crippen LogP contribution in [-0.4, -0.2) is 39.6 Å². The molecule has 150 valence electrons. The van der Waals surface area contributed by atoms with Crippen LogP contribution in [0.4, 0.5) is 10.8 Å². The molecule has 0 saturated heterocycles. The van der Waals surface area contributed by atoms with Gasteiger partial charge in [0.25, 0.3) is 5.91 Å². The Balaban J connectivity index is 1.64. The quantitative estimate of drug-likeness (QED) is 0.667. The third-order valence-corrected chi connectivity index (χ3v) is 5.95. The molecule has 1 atom stereocenters. The van der Waals surface area contributed by atoms with Crippen molar-refractivity contribution in [2.75, 3.05) is 16.8 Å². The van der Waals surface area contributed by atoms with Crippen molar-refractivity contribution in [1.82, 2.24) is 15.2 Å². The summed E-state index contributed by atoms with van der Waals surface area (Å²) in [6.07, 6.45) is -0.106. The predicted octanol–water partition coefficient (Wildman–Crippen LogP) is 3.42. The molecular formula is C19H19N5O3S2. The second-order valence-electron chi connectivity index (χ2n) is 6.55. The van der Waals surface area contributed by atoms with Gasteiger partial charge in [-0.2, -0.15) is 0 Å². The summed E-state index contributed by atoms with van der Waals surface area (Å²) >= 11 is 2.84. The fourth-order valence-electron chi connectivity index (χ4n) is 3.05. The minimum Gasteiger partial charge on any atom is -0.478 e. The molecule has 3 aromatic rings. The Morgan fingerprint density at radius 2 is 2.10 bits per heavy atom. The fourth-order valence-corrected chi connectivity index (χ4v) is 4.28. The second-order valence-corrected chi connectivity index (χ2v) is 8.79. The van der Waals surface area contributed by atoms with Gasteiger partial charge in [0.1, 0.15) is 17.3 Å². The lowest BCUT2D eigenvalue weighted by Gasteiger charge is -2.33. The number of hydrogen-bond acceptors (Lipinski definition) is 8. The zero-order valence-corrected chi connectivity index (χ0v) is 17.8. The molecule has 0 radical (unpaired) electrons. The molecule has 2 aromatic heterocycles. The summed E-state index contributed by atoms with van der Waals surface area (Å²) in [5.41, 5.74) is 2.25. The Morgan fingerprint density at radius 1 is 1.28 bits per heavy atom. The molecule has 3 heterocycles. The maximum Gasteiger partial charge on any atom is 0.268 e. The van der Waals surface area contributed by atoms with E-state index in [2.05, 4.69) is 20.5 Å². The van der Waals surface area contributed by atoms with Crippen LogP contribution < -0.4 is 15.0 Å². The van der Waals surface area contributed by atoms with Gasteiger partial charge < -0.3 is 4.74 Å². The van der Waals surface area contributed by atoms with Crippen LogP contribution in [-0.2, 0) is 9.59 Å². The van der Waals surface area contributed by atoms with Gasteiger partial charge in [-0.05, 0) is 38.5 Å². The van der Waals surface area contributed by atoms with Crippen molar-refractivity contribution in [2.45, 2.75) is 33.3 Å². The van der Waals surface area contributed by atoms with Gasteiger partial charge in [0.2, 0.25) is 11.0 Å². The highest BCUT2D eigenvalue weighted by Crippen LogP contribution is 2.38. The van der Waals surface area contributed by atoms with Gasteiger partial charge in [0.05, 0.1) is 16.4 Å². The Morgan fingerprint density at radius 3 is 2.76 bits per heavy atom. The molecule has 1 N–H and O–H groups in total. The molecule has 0 spiro atoms. The summed E-state index contributed by atoms with van der Waals surface area (Å²) in [5.74, 6) is -0.00553. The molecule has 1 aliphatic rings. The van der Waals surface area contributed by atoms with E-state index in [0.717, 1.165) is 21.3 Å². The Labute approximate surface area is 175 Å². The number of thiazole rings is 1. The van der Waals surface area contributed by atoms with E-state index in [4.69, 9.17) is 4.74 Å². The van der Waals surface area contributed by atoms with Gasteiger partial charge in [0.15, 0.2) is 6.10 Å². The van der Waals surface area contributed by atoms with Gasteiger partial charge in [0, 0.05) is 10.9 Å². The summed E-state index contributed by atoms with van der Waals surface area (Å²) < 4.78 is 5.86. The maximum absolute atomic E-state index is 12.9. The van der Waals surface area contributed by atoms with Crippen LogP contribution in [0.5, 0.6) is 5.75 Å². The molecule has 4 rings (SSSR count). The number of anilines is 2. The number of hydrogen-bond donors (Lipinski definition) is 1. The number of aryl methyl sites for hydroxylation is 2. The highest BCUT2D eigenvalue weighted by molar-refractivity contribution is 7.15.